The van der Waals surface area contributed by atoms with Gasteiger partial charge in [-0.15, -0.1) is 11.3 Å². The zero-order chi connectivity index (χ0) is 24.8. The fourth-order valence-corrected chi connectivity index (χ4v) is 4.51. The molecule has 0 atom stereocenters. The number of hydrogen-bond acceptors (Lipinski definition) is 7. The maximum absolute atomic E-state index is 12.7. The average Bonchev–Trinajstić information content (AvgIpc) is 3.20. The number of halogens is 2. The summed E-state index contributed by atoms with van der Waals surface area (Å²) in [5.74, 6) is 0.580. The number of amides is 1. The van der Waals surface area contributed by atoms with Crippen molar-refractivity contribution in [1.82, 2.24) is 5.43 Å². The van der Waals surface area contributed by atoms with E-state index in [4.69, 9.17) is 37.4 Å². The van der Waals surface area contributed by atoms with Crippen LogP contribution in [0.4, 0.5) is 0 Å². The summed E-state index contributed by atoms with van der Waals surface area (Å²) in [6.07, 6.45) is 1.46. The summed E-state index contributed by atoms with van der Waals surface area (Å²) in [6.45, 7) is -0.194. The lowest BCUT2D eigenvalue weighted by Crippen LogP contribution is -2.24. The third-order valence-electron chi connectivity index (χ3n) is 4.70. The molecule has 1 N–H and O–H groups in total. The molecule has 35 heavy (non-hydrogen) atoms. The monoisotopic (exact) mass is 528 g/mol. The molecule has 4 aromatic rings. The standard InChI is InChI=1S/C25H18Cl2N2O5S/c1-32-19-10-11-20-21(12-19)35-24(23(20)27)25(31)34-18-6-2-15(3-7-18)13-28-29-22(30)14-33-17-8-4-16(26)5-9-17/h2-13H,14H2,1H3,(H,29,30)/b28-13-. The largest absolute Gasteiger partial charge is 0.497 e. The first-order valence-electron chi connectivity index (χ1n) is 10.2. The predicted octanol–water partition coefficient (Wildman–Crippen LogP) is 5.97. The van der Waals surface area contributed by atoms with Crippen LogP contribution in [-0.4, -0.2) is 31.8 Å². The van der Waals surface area contributed by atoms with E-state index in [2.05, 4.69) is 10.5 Å². The highest BCUT2D eigenvalue weighted by molar-refractivity contribution is 7.21. The SMILES string of the molecule is COc1ccc2c(Cl)c(C(=O)Oc3ccc(/C=N\NC(=O)COc4ccc(Cl)cc4)cc3)sc2c1. The van der Waals surface area contributed by atoms with Crippen molar-refractivity contribution < 1.29 is 23.8 Å². The Morgan fingerprint density at radius 3 is 2.37 bits per heavy atom. The van der Waals surface area contributed by atoms with Crippen LogP contribution in [0.1, 0.15) is 15.2 Å². The number of benzene rings is 3. The van der Waals surface area contributed by atoms with Crippen molar-refractivity contribution >= 4 is 62.7 Å². The van der Waals surface area contributed by atoms with E-state index in [0.29, 0.717) is 37.7 Å². The van der Waals surface area contributed by atoms with E-state index in [9.17, 15) is 9.59 Å². The van der Waals surface area contributed by atoms with Crippen LogP contribution in [-0.2, 0) is 4.79 Å². The number of ether oxygens (including phenoxy) is 3. The first kappa shape index (κ1) is 24.5. The molecular formula is C25H18Cl2N2O5S. The van der Waals surface area contributed by atoms with Gasteiger partial charge in [-0.05, 0) is 72.3 Å². The van der Waals surface area contributed by atoms with Gasteiger partial charge in [-0.2, -0.15) is 5.10 Å². The van der Waals surface area contributed by atoms with Crippen molar-refractivity contribution in [3.05, 3.63) is 87.2 Å². The van der Waals surface area contributed by atoms with Crippen molar-refractivity contribution in [2.24, 2.45) is 5.10 Å². The van der Waals surface area contributed by atoms with E-state index in [1.807, 2.05) is 6.07 Å². The van der Waals surface area contributed by atoms with Crippen LogP contribution in [0.5, 0.6) is 17.2 Å². The van der Waals surface area contributed by atoms with Crippen LogP contribution in [0.3, 0.4) is 0 Å². The van der Waals surface area contributed by atoms with Crippen molar-refractivity contribution in [3.63, 3.8) is 0 Å². The first-order chi connectivity index (χ1) is 16.9. The molecule has 0 spiro atoms. The molecule has 0 radical (unpaired) electrons. The molecule has 7 nitrogen and oxygen atoms in total. The lowest BCUT2D eigenvalue weighted by molar-refractivity contribution is -0.123. The molecule has 4 rings (SSSR count). The fourth-order valence-electron chi connectivity index (χ4n) is 2.97. The molecule has 3 aromatic carbocycles. The number of carbonyl (C=O) groups is 2. The Morgan fingerprint density at radius 2 is 1.66 bits per heavy atom. The number of fused-ring (bicyclic) bond motifs is 1. The van der Waals surface area contributed by atoms with Gasteiger partial charge in [0.2, 0.25) is 0 Å². The number of methoxy groups -OCH3 is 1. The van der Waals surface area contributed by atoms with Gasteiger partial charge in [0.1, 0.15) is 22.1 Å². The second-order valence-corrected chi connectivity index (χ2v) is 8.97. The molecule has 0 aliphatic carbocycles. The van der Waals surface area contributed by atoms with Gasteiger partial charge in [0.25, 0.3) is 5.91 Å². The number of carbonyl (C=O) groups excluding carboxylic acids is 2. The Bertz CT molecular complexity index is 1390. The highest BCUT2D eigenvalue weighted by Gasteiger charge is 2.19. The van der Waals surface area contributed by atoms with Gasteiger partial charge < -0.3 is 14.2 Å². The number of esters is 1. The van der Waals surface area contributed by atoms with Gasteiger partial charge >= 0.3 is 5.97 Å². The van der Waals surface area contributed by atoms with Gasteiger partial charge in [-0.1, -0.05) is 23.2 Å². The number of nitrogens with zero attached hydrogens (tertiary/aromatic N) is 1. The lowest BCUT2D eigenvalue weighted by atomic mass is 10.2. The van der Waals surface area contributed by atoms with Crippen molar-refractivity contribution in [3.8, 4) is 17.2 Å². The molecule has 1 amide bonds. The summed E-state index contributed by atoms with van der Waals surface area (Å²) in [5.41, 5.74) is 3.07. The lowest BCUT2D eigenvalue weighted by Gasteiger charge is -2.05. The zero-order valence-corrected chi connectivity index (χ0v) is 20.6. The second kappa shape index (κ2) is 11.2. The van der Waals surface area contributed by atoms with Crippen LogP contribution in [0, 0.1) is 0 Å². The smallest absolute Gasteiger partial charge is 0.355 e. The summed E-state index contributed by atoms with van der Waals surface area (Å²) >= 11 is 13.4. The number of thiophene rings is 1. The maximum atomic E-state index is 12.7. The molecule has 0 unspecified atom stereocenters. The first-order valence-corrected chi connectivity index (χ1v) is 11.8. The minimum absolute atomic E-state index is 0.194. The van der Waals surface area contributed by atoms with Crippen molar-refractivity contribution in [2.75, 3.05) is 13.7 Å². The van der Waals surface area contributed by atoms with Gasteiger partial charge in [0.05, 0.1) is 18.3 Å². The Hall–Kier alpha value is -3.59. The second-order valence-electron chi connectivity index (χ2n) is 7.10. The molecule has 0 fully saturated rings. The Balaban J connectivity index is 1.30. The van der Waals surface area contributed by atoms with Crippen LogP contribution in [0.2, 0.25) is 10.0 Å². The molecule has 0 aliphatic heterocycles. The van der Waals surface area contributed by atoms with Crippen LogP contribution >= 0.6 is 34.5 Å². The highest BCUT2D eigenvalue weighted by atomic mass is 35.5. The Labute approximate surface area is 214 Å². The van der Waals surface area contributed by atoms with Crippen molar-refractivity contribution in [2.45, 2.75) is 0 Å². The molecule has 0 aliphatic rings. The molecule has 0 saturated carbocycles. The van der Waals surface area contributed by atoms with Gasteiger partial charge in [-0.3, -0.25) is 4.79 Å². The number of rotatable bonds is 8. The van der Waals surface area contributed by atoms with Gasteiger partial charge in [0.15, 0.2) is 6.61 Å². The summed E-state index contributed by atoms with van der Waals surface area (Å²) in [4.78, 5) is 24.8. The number of hydrogen-bond donors (Lipinski definition) is 1. The summed E-state index contributed by atoms with van der Waals surface area (Å²) in [7, 11) is 1.57. The predicted molar refractivity (Wildman–Crippen MR) is 137 cm³/mol. The van der Waals surface area contributed by atoms with E-state index in [0.717, 1.165) is 10.1 Å². The number of nitrogens with one attached hydrogen (secondary N) is 1. The molecule has 0 saturated heterocycles. The van der Waals surface area contributed by atoms with Crippen LogP contribution in [0.15, 0.2) is 71.8 Å². The average molecular weight is 529 g/mol. The molecule has 178 valence electrons. The van der Waals surface area contributed by atoms with Crippen LogP contribution in [0.25, 0.3) is 10.1 Å². The summed E-state index contributed by atoms with van der Waals surface area (Å²) < 4.78 is 16.9. The Kier molecular flexibility index (Phi) is 7.87. The maximum Gasteiger partial charge on any atom is 0.355 e. The molecular weight excluding hydrogens is 511 g/mol. The van der Waals surface area contributed by atoms with E-state index in [1.54, 1.807) is 67.8 Å². The van der Waals surface area contributed by atoms with Crippen LogP contribution < -0.4 is 19.6 Å². The van der Waals surface area contributed by atoms with E-state index < -0.39 is 11.9 Å². The fraction of sp³-hybridized carbons (Fsp3) is 0.0800. The summed E-state index contributed by atoms with van der Waals surface area (Å²) in [5, 5.41) is 5.58. The van der Waals surface area contributed by atoms with Crippen molar-refractivity contribution in [1.29, 1.82) is 0 Å². The highest BCUT2D eigenvalue weighted by Crippen LogP contribution is 2.37. The molecule has 0 bridgehead atoms. The molecule has 10 heteroatoms. The molecule has 1 aromatic heterocycles. The Morgan fingerprint density at radius 1 is 0.971 bits per heavy atom. The van der Waals surface area contributed by atoms with E-state index in [1.165, 1.54) is 17.6 Å². The van der Waals surface area contributed by atoms with E-state index in [-0.39, 0.29) is 6.61 Å². The van der Waals surface area contributed by atoms with Gasteiger partial charge in [0, 0.05) is 15.1 Å². The third-order valence-corrected chi connectivity index (χ3v) is 6.59. The minimum atomic E-state index is -0.551. The normalized spacial score (nSPS) is 10.9. The summed E-state index contributed by atoms with van der Waals surface area (Å²) in [6, 6.07) is 18.7. The topological polar surface area (TPSA) is 86.2 Å². The number of hydrazone groups is 1. The van der Waals surface area contributed by atoms with Gasteiger partial charge in [-0.25, -0.2) is 10.2 Å². The molecule has 1 heterocycles. The minimum Gasteiger partial charge on any atom is -0.497 e. The zero-order valence-electron chi connectivity index (χ0n) is 18.3. The van der Waals surface area contributed by atoms with E-state index >= 15 is 0 Å². The quantitative estimate of drug-likeness (QED) is 0.132. The third kappa shape index (κ3) is 6.30.